The molecule has 1 aliphatic heterocycles. The van der Waals surface area contributed by atoms with E-state index in [2.05, 4.69) is 15.0 Å². The Morgan fingerprint density at radius 1 is 1.36 bits per heavy atom. The number of carbonyl (C=O) groups excluding carboxylic acids is 1. The van der Waals surface area contributed by atoms with Crippen LogP contribution in [0.2, 0.25) is 0 Å². The summed E-state index contributed by atoms with van der Waals surface area (Å²) in [5.41, 5.74) is 0.507. The van der Waals surface area contributed by atoms with Gasteiger partial charge in [-0.15, -0.1) is 0 Å². The lowest BCUT2D eigenvalue weighted by Crippen LogP contribution is -2.42. The molecule has 1 amide bonds. The van der Waals surface area contributed by atoms with E-state index >= 15 is 0 Å². The van der Waals surface area contributed by atoms with E-state index in [1.54, 1.807) is 20.8 Å². The predicted octanol–water partition coefficient (Wildman–Crippen LogP) is 2.26. The fourth-order valence-corrected chi connectivity index (χ4v) is 2.60. The Hall–Kier alpha value is -2.77. The second-order valence-electron chi connectivity index (χ2n) is 6.88. The first-order valence-corrected chi connectivity index (χ1v) is 7.94. The number of halogens is 1. The number of nitrogens with zero attached hydrogens (tertiary/aromatic N) is 3. The molecule has 8 heteroatoms. The van der Waals surface area contributed by atoms with Crippen molar-refractivity contribution in [3.63, 3.8) is 0 Å². The SMILES string of the molecule is CC(C)(C)OC(=O)N1CCc2c(nc(-c3cncc(F)c3)[nH]c2=O)C1. The lowest BCUT2D eigenvalue weighted by atomic mass is 10.1. The smallest absolute Gasteiger partial charge is 0.410 e. The first-order valence-electron chi connectivity index (χ1n) is 7.94. The van der Waals surface area contributed by atoms with Crippen LogP contribution in [-0.2, 0) is 17.7 Å². The second kappa shape index (κ2) is 6.27. The quantitative estimate of drug-likeness (QED) is 0.856. The number of carbonyl (C=O) groups is 1. The molecule has 0 radical (unpaired) electrons. The van der Waals surface area contributed by atoms with E-state index in [0.717, 1.165) is 6.20 Å². The first kappa shape index (κ1) is 17.1. The van der Waals surface area contributed by atoms with Crippen molar-refractivity contribution >= 4 is 6.09 Å². The minimum Gasteiger partial charge on any atom is -0.444 e. The van der Waals surface area contributed by atoms with Gasteiger partial charge >= 0.3 is 6.09 Å². The molecule has 0 fully saturated rings. The summed E-state index contributed by atoms with van der Waals surface area (Å²) in [6.45, 7) is 5.93. The van der Waals surface area contributed by atoms with Crippen LogP contribution in [0.5, 0.6) is 0 Å². The minimum atomic E-state index is -0.600. The lowest BCUT2D eigenvalue weighted by Gasteiger charge is -2.30. The molecule has 0 atom stereocenters. The Morgan fingerprint density at radius 3 is 2.80 bits per heavy atom. The van der Waals surface area contributed by atoms with Crippen molar-refractivity contribution in [3.8, 4) is 11.4 Å². The zero-order valence-electron chi connectivity index (χ0n) is 14.3. The Labute approximate surface area is 143 Å². The highest BCUT2D eigenvalue weighted by Gasteiger charge is 2.28. The third-order valence-corrected chi connectivity index (χ3v) is 3.70. The third-order valence-electron chi connectivity index (χ3n) is 3.70. The standard InChI is InChI=1S/C17H19FN4O3/c1-17(2,3)25-16(24)22-5-4-12-13(9-22)20-14(21-15(12)23)10-6-11(18)8-19-7-10/h6-8H,4-5,9H2,1-3H3,(H,20,21,23). The molecule has 0 saturated carbocycles. The molecule has 1 aliphatic rings. The summed E-state index contributed by atoms with van der Waals surface area (Å²) < 4.78 is 18.7. The predicted molar refractivity (Wildman–Crippen MR) is 88.4 cm³/mol. The molecule has 0 saturated heterocycles. The van der Waals surface area contributed by atoms with Crippen LogP contribution >= 0.6 is 0 Å². The van der Waals surface area contributed by atoms with Gasteiger partial charge in [0.15, 0.2) is 0 Å². The fraction of sp³-hybridized carbons (Fsp3) is 0.412. The monoisotopic (exact) mass is 346 g/mol. The third kappa shape index (κ3) is 3.84. The van der Waals surface area contributed by atoms with Gasteiger partial charge in [-0.1, -0.05) is 0 Å². The number of amides is 1. The van der Waals surface area contributed by atoms with Crippen molar-refractivity contribution in [3.05, 3.63) is 45.9 Å². The molecular formula is C17H19FN4O3. The van der Waals surface area contributed by atoms with Crippen molar-refractivity contribution in [2.45, 2.75) is 39.3 Å². The van der Waals surface area contributed by atoms with Gasteiger partial charge < -0.3 is 14.6 Å². The molecule has 0 spiro atoms. The van der Waals surface area contributed by atoms with Crippen molar-refractivity contribution in [2.24, 2.45) is 0 Å². The lowest BCUT2D eigenvalue weighted by molar-refractivity contribution is 0.0220. The number of ether oxygens (including phenoxy) is 1. The van der Waals surface area contributed by atoms with E-state index in [-0.39, 0.29) is 17.9 Å². The van der Waals surface area contributed by atoms with Crippen molar-refractivity contribution in [1.29, 1.82) is 0 Å². The van der Waals surface area contributed by atoms with E-state index in [1.165, 1.54) is 17.2 Å². The van der Waals surface area contributed by atoms with Gasteiger partial charge in [-0.2, -0.15) is 0 Å². The molecule has 0 unspecified atom stereocenters. The molecule has 3 rings (SSSR count). The summed E-state index contributed by atoms with van der Waals surface area (Å²) in [6.07, 6.45) is 2.43. The minimum absolute atomic E-state index is 0.171. The maximum Gasteiger partial charge on any atom is 0.410 e. The van der Waals surface area contributed by atoms with E-state index in [0.29, 0.717) is 29.8 Å². The molecule has 7 nitrogen and oxygen atoms in total. The number of H-pyrrole nitrogens is 1. The van der Waals surface area contributed by atoms with Gasteiger partial charge in [-0.3, -0.25) is 9.78 Å². The Morgan fingerprint density at radius 2 is 2.12 bits per heavy atom. The van der Waals surface area contributed by atoms with E-state index < -0.39 is 17.5 Å². The fourth-order valence-electron chi connectivity index (χ4n) is 2.60. The normalized spacial score (nSPS) is 14.2. The van der Waals surface area contributed by atoms with Gasteiger partial charge in [0.2, 0.25) is 0 Å². The van der Waals surface area contributed by atoms with Crippen LogP contribution in [0.1, 0.15) is 32.0 Å². The van der Waals surface area contributed by atoms with Gasteiger partial charge in [-0.05, 0) is 33.3 Å². The number of pyridine rings is 1. The zero-order valence-corrected chi connectivity index (χ0v) is 14.3. The Kier molecular flexibility index (Phi) is 4.28. The second-order valence-corrected chi connectivity index (χ2v) is 6.88. The summed E-state index contributed by atoms with van der Waals surface area (Å²) in [5.74, 6) is -0.296. The molecule has 0 bridgehead atoms. The molecule has 25 heavy (non-hydrogen) atoms. The van der Waals surface area contributed by atoms with E-state index in [1.807, 2.05) is 0 Å². The number of nitrogens with one attached hydrogen (secondary N) is 1. The number of aromatic nitrogens is 3. The van der Waals surface area contributed by atoms with Gasteiger partial charge in [0.25, 0.3) is 5.56 Å². The number of fused-ring (bicyclic) bond motifs is 1. The van der Waals surface area contributed by atoms with Crippen molar-refractivity contribution < 1.29 is 13.9 Å². The largest absolute Gasteiger partial charge is 0.444 e. The van der Waals surface area contributed by atoms with Gasteiger partial charge in [0.1, 0.15) is 17.2 Å². The number of rotatable bonds is 1. The van der Waals surface area contributed by atoms with Gasteiger partial charge in [-0.25, -0.2) is 14.2 Å². The number of aromatic amines is 1. The van der Waals surface area contributed by atoms with Gasteiger partial charge in [0, 0.05) is 23.9 Å². The van der Waals surface area contributed by atoms with E-state index in [4.69, 9.17) is 4.74 Å². The molecule has 0 aromatic carbocycles. The van der Waals surface area contributed by atoms with Crippen LogP contribution in [0, 0.1) is 5.82 Å². The average molecular weight is 346 g/mol. The topological polar surface area (TPSA) is 88.2 Å². The summed E-state index contributed by atoms with van der Waals surface area (Å²) in [6, 6.07) is 1.24. The van der Waals surface area contributed by atoms with Crippen LogP contribution in [0.4, 0.5) is 9.18 Å². The number of hydrogen-bond acceptors (Lipinski definition) is 5. The number of hydrogen-bond donors (Lipinski definition) is 1. The maximum atomic E-state index is 13.4. The first-order chi connectivity index (χ1) is 11.7. The Bertz CT molecular complexity index is 873. The van der Waals surface area contributed by atoms with Crippen LogP contribution in [0.3, 0.4) is 0 Å². The average Bonchev–Trinajstić information content (AvgIpc) is 2.52. The molecule has 3 heterocycles. The highest BCUT2D eigenvalue weighted by atomic mass is 19.1. The molecule has 2 aromatic rings. The zero-order chi connectivity index (χ0) is 18.2. The summed E-state index contributed by atoms with van der Waals surface area (Å²) >= 11 is 0. The van der Waals surface area contributed by atoms with Crippen LogP contribution in [-0.4, -0.2) is 38.1 Å². The van der Waals surface area contributed by atoms with Crippen molar-refractivity contribution in [2.75, 3.05) is 6.54 Å². The van der Waals surface area contributed by atoms with Crippen LogP contribution in [0.25, 0.3) is 11.4 Å². The van der Waals surface area contributed by atoms with Gasteiger partial charge in [0.05, 0.1) is 18.4 Å². The van der Waals surface area contributed by atoms with Crippen LogP contribution < -0.4 is 5.56 Å². The highest BCUT2D eigenvalue weighted by molar-refractivity contribution is 5.68. The molecular weight excluding hydrogens is 327 g/mol. The molecule has 1 N–H and O–H groups in total. The maximum absolute atomic E-state index is 13.4. The van der Waals surface area contributed by atoms with Crippen LogP contribution in [0.15, 0.2) is 23.3 Å². The molecule has 132 valence electrons. The molecule has 2 aromatic heterocycles. The summed E-state index contributed by atoms with van der Waals surface area (Å²) in [5, 5.41) is 0. The summed E-state index contributed by atoms with van der Waals surface area (Å²) in [4.78, 5) is 36.9. The summed E-state index contributed by atoms with van der Waals surface area (Å²) in [7, 11) is 0. The van der Waals surface area contributed by atoms with E-state index in [9.17, 15) is 14.0 Å². The Balaban J connectivity index is 1.91. The highest BCUT2D eigenvalue weighted by Crippen LogP contribution is 2.20. The van der Waals surface area contributed by atoms with Crippen molar-refractivity contribution in [1.82, 2.24) is 19.9 Å². The molecule has 0 aliphatic carbocycles.